The van der Waals surface area contributed by atoms with Crippen molar-refractivity contribution in [3.8, 4) is 0 Å². The molecule has 0 atom stereocenters. The summed E-state index contributed by atoms with van der Waals surface area (Å²) in [5, 5.41) is 0. The molecular weight excluding hydrogens is 206 g/mol. The highest BCUT2D eigenvalue weighted by atomic mass is 35.5. The fraction of sp³-hybridized carbons (Fsp3) is 0.273. The van der Waals surface area contributed by atoms with Crippen molar-refractivity contribution < 1.29 is 8.78 Å². The van der Waals surface area contributed by atoms with Crippen LogP contribution in [0.25, 0.3) is 5.57 Å². The first-order chi connectivity index (χ1) is 6.63. The molecular formula is C11H11ClF2. The van der Waals surface area contributed by atoms with Gasteiger partial charge in [-0.15, -0.1) is 11.6 Å². The molecule has 0 aromatic heterocycles. The molecule has 0 radical (unpaired) electrons. The normalized spacial score (nSPS) is 11.9. The van der Waals surface area contributed by atoms with Crippen molar-refractivity contribution in [2.45, 2.75) is 13.3 Å². The van der Waals surface area contributed by atoms with Gasteiger partial charge in [0.2, 0.25) is 0 Å². The Balaban J connectivity index is 2.95. The van der Waals surface area contributed by atoms with Gasteiger partial charge in [-0.25, -0.2) is 8.78 Å². The van der Waals surface area contributed by atoms with E-state index in [1.54, 1.807) is 6.92 Å². The summed E-state index contributed by atoms with van der Waals surface area (Å²) in [7, 11) is 0. The Morgan fingerprint density at radius 2 is 1.86 bits per heavy atom. The van der Waals surface area contributed by atoms with Crippen LogP contribution in [-0.2, 0) is 0 Å². The van der Waals surface area contributed by atoms with E-state index in [2.05, 4.69) is 0 Å². The van der Waals surface area contributed by atoms with Gasteiger partial charge in [-0.3, -0.25) is 0 Å². The van der Waals surface area contributed by atoms with Gasteiger partial charge in [0.1, 0.15) is 11.6 Å². The van der Waals surface area contributed by atoms with Crippen LogP contribution >= 0.6 is 11.6 Å². The maximum atomic E-state index is 12.8. The Morgan fingerprint density at radius 3 is 2.36 bits per heavy atom. The SMILES string of the molecule is C/C(=C\CCCl)c1cc(F)cc(F)c1. The van der Waals surface area contributed by atoms with Crippen LogP contribution in [0.15, 0.2) is 24.3 Å². The summed E-state index contributed by atoms with van der Waals surface area (Å²) in [5.41, 5.74) is 1.40. The molecule has 0 saturated carbocycles. The first-order valence-electron chi connectivity index (χ1n) is 4.32. The van der Waals surface area contributed by atoms with Crippen LogP contribution in [0.2, 0.25) is 0 Å². The van der Waals surface area contributed by atoms with Gasteiger partial charge in [0.15, 0.2) is 0 Å². The zero-order chi connectivity index (χ0) is 10.6. The number of benzene rings is 1. The molecule has 1 rings (SSSR count). The van der Waals surface area contributed by atoms with Gasteiger partial charge in [-0.2, -0.15) is 0 Å². The van der Waals surface area contributed by atoms with E-state index in [4.69, 9.17) is 11.6 Å². The fourth-order valence-corrected chi connectivity index (χ4v) is 1.28. The van der Waals surface area contributed by atoms with Crippen molar-refractivity contribution in [1.82, 2.24) is 0 Å². The quantitative estimate of drug-likeness (QED) is 0.670. The van der Waals surface area contributed by atoms with Crippen molar-refractivity contribution in [3.63, 3.8) is 0 Å². The minimum atomic E-state index is -0.557. The zero-order valence-corrected chi connectivity index (χ0v) is 8.61. The highest BCUT2D eigenvalue weighted by Crippen LogP contribution is 2.17. The Bertz CT molecular complexity index is 325. The van der Waals surface area contributed by atoms with Gasteiger partial charge in [0.05, 0.1) is 0 Å². The van der Waals surface area contributed by atoms with E-state index in [1.165, 1.54) is 12.1 Å². The zero-order valence-electron chi connectivity index (χ0n) is 7.86. The highest BCUT2D eigenvalue weighted by molar-refractivity contribution is 6.17. The standard InChI is InChI=1S/C11H11ClF2/c1-8(3-2-4-12)9-5-10(13)7-11(14)6-9/h3,5-7H,2,4H2,1H3/b8-3+. The van der Waals surface area contributed by atoms with Gasteiger partial charge < -0.3 is 0 Å². The minimum Gasteiger partial charge on any atom is -0.207 e. The number of hydrogen-bond donors (Lipinski definition) is 0. The average molecular weight is 217 g/mol. The van der Waals surface area contributed by atoms with Crippen molar-refractivity contribution in [2.24, 2.45) is 0 Å². The molecule has 1 aromatic rings. The molecule has 0 aliphatic rings. The Hall–Kier alpha value is -0.890. The van der Waals surface area contributed by atoms with Gasteiger partial charge >= 0.3 is 0 Å². The van der Waals surface area contributed by atoms with E-state index in [0.29, 0.717) is 17.9 Å². The molecule has 0 heterocycles. The lowest BCUT2D eigenvalue weighted by atomic mass is 10.1. The predicted molar refractivity (Wildman–Crippen MR) is 55.3 cm³/mol. The maximum Gasteiger partial charge on any atom is 0.126 e. The molecule has 0 nitrogen and oxygen atoms in total. The number of rotatable bonds is 3. The van der Waals surface area contributed by atoms with Crippen LogP contribution in [0, 0.1) is 11.6 Å². The third kappa shape index (κ3) is 3.11. The van der Waals surface area contributed by atoms with Crippen molar-refractivity contribution >= 4 is 17.2 Å². The molecule has 0 spiro atoms. The fourth-order valence-electron chi connectivity index (χ4n) is 1.17. The molecule has 3 heteroatoms. The van der Waals surface area contributed by atoms with E-state index < -0.39 is 11.6 Å². The van der Waals surface area contributed by atoms with Crippen molar-refractivity contribution in [3.05, 3.63) is 41.5 Å². The van der Waals surface area contributed by atoms with Gasteiger partial charge in [-0.05, 0) is 36.6 Å². The lowest BCUT2D eigenvalue weighted by Gasteiger charge is -2.02. The molecule has 0 bridgehead atoms. The average Bonchev–Trinajstić information content (AvgIpc) is 2.12. The monoisotopic (exact) mass is 216 g/mol. The molecule has 1 aromatic carbocycles. The molecule has 14 heavy (non-hydrogen) atoms. The number of halogens is 3. The molecule has 0 fully saturated rings. The second kappa shape index (κ2) is 5.11. The molecule has 0 amide bonds. The second-order valence-corrected chi connectivity index (χ2v) is 3.40. The topological polar surface area (TPSA) is 0 Å². The summed E-state index contributed by atoms with van der Waals surface area (Å²) in [6.45, 7) is 1.81. The lowest BCUT2D eigenvalue weighted by Crippen LogP contribution is -1.86. The van der Waals surface area contributed by atoms with E-state index in [1.807, 2.05) is 6.08 Å². The summed E-state index contributed by atoms with van der Waals surface area (Å²) in [6.07, 6.45) is 2.56. The molecule has 0 aliphatic carbocycles. The molecule has 0 N–H and O–H groups in total. The second-order valence-electron chi connectivity index (χ2n) is 3.02. The van der Waals surface area contributed by atoms with Gasteiger partial charge in [0, 0.05) is 11.9 Å². The summed E-state index contributed by atoms with van der Waals surface area (Å²) >= 11 is 5.50. The van der Waals surface area contributed by atoms with Gasteiger partial charge in [-0.1, -0.05) is 6.08 Å². The summed E-state index contributed by atoms with van der Waals surface area (Å²) in [6, 6.07) is 3.48. The van der Waals surface area contributed by atoms with E-state index >= 15 is 0 Å². The van der Waals surface area contributed by atoms with E-state index in [-0.39, 0.29) is 0 Å². The number of allylic oxidation sites excluding steroid dienone is 2. The predicted octanol–water partition coefficient (Wildman–Crippen LogP) is 4.00. The summed E-state index contributed by atoms with van der Waals surface area (Å²) in [5.74, 6) is -0.605. The first kappa shape index (κ1) is 11.2. The smallest absolute Gasteiger partial charge is 0.126 e. The molecule has 76 valence electrons. The maximum absolute atomic E-state index is 12.8. The lowest BCUT2D eigenvalue weighted by molar-refractivity contribution is 0.582. The summed E-state index contributed by atoms with van der Waals surface area (Å²) < 4.78 is 25.6. The van der Waals surface area contributed by atoms with Crippen molar-refractivity contribution in [2.75, 3.05) is 5.88 Å². The first-order valence-corrected chi connectivity index (χ1v) is 4.86. The van der Waals surface area contributed by atoms with Crippen LogP contribution in [0.4, 0.5) is 8.78 Å². The third-order valence-electron chi connectivity index (χ3n) is 1.88. The Labute approximate surface area is 87.2 Å². The number of hydrogen-bond acceptors (Lipinski definition) is 0. The highest BCUT2D eigenvalue weighted by Gasteiger charge is 2.01. The Morgan fingerprint density at radius 1 is 1.29 bits per heavy atom. The van der Waals surface area contributed by atoms with Crippen LogP contribution < -0.4 is 0 Å². The van der Waals surface area contributed by atoms with Crippen LogP contribution in [0.1, 0.15) is 18.9 Å². The van der Waals surface area contributed by atoms with Crippen LogP contribution in [-0.4, -0.2) is 5.88 Å². The Kier molecular flexibility index (Phi) is 4.08. The van der Waals surface area contributed by atoms with Gasteiger partial charge in [0.25, 0.3) is 0 Å². The molecule has 0 unspecified atom stereocenters. The van der Waals surface area contributed by atoms with Crippen LogP contribution in [0.3, 0.4) is 0 Å². The van der Waals surface area contributed by atoms with Crippen molar-refractivity contribution in [1.29, 1.82) is 0 Å². The van der Waals surface area contributed by atoms with E-state index in [9.17, 15) is 8.78 Å². The molecule has 0 aliphatic heterocycles. The third-order valence-corrected chi connectivity index (χ3v) is 2.10. The molecule has 0 saturated heterocycles. The largest absolute Gasteiger partial charge is 0.207 e. The number of alkyl halides is 1. The van der Waals surface area contributed by atoms with E-state index in [0.717, 1.165) is 11.6 Å². The minimum absolute atomic E-state index is 0.509. The summed E-state index contributed by atoms with van der Waals surface area (Å²) in [4.78, 5) is 0. The van der Waals surface area contributed by atoms with Crippen LogP contribution in [0.5, 0.6) is 0 Å².